The van der Waals surface area contributed by atoms with E-state index in [2.05, 4.69) is 4.99 Å². The van der Waals surface area contributed by atoms with Crippen LogP contribution in [0.3, 0.4) is 0 Å². The Labute approximate surface area is 89.3 Å². The lowest BCUT2D eigenvalue weighted by atomic mass is 10.3. The highest BCUT2D eigenvalue weighted by atomic mass is 16.5. The van der Waals surface area contributed by atoms with Gasteiger partial charge in [0.25, 0.3) is 0 Å². The van der Waals surface area contributed by atoms with Gasteiger partial charge < -0.3 is 16.2 Å². The molecule has 0 spiro atoms. The van der Waals surface area contributed by atoms with Crippen LogP contribution in [0.25, 0.3) is 0 Å². The van der Waals surface area contributed by atoms with Crippen molar-refractivity contribution in [2.45, 2.75) is 0 Å². The van der Waals surface area contributed by atoms with Crippen LogP contribution >= 0.6 is 0 Å². The van der Waals surface area contributed by atoms with Gasteiger partial charge in [0.2, 0.25) is 0 Å². The van der Waals surface area contributed by atoms with E-state index < -0.39 is 0 Å². The summed E-state index contributed by atoms with van der Waals surface area (Å²) < 4.78 is 4.85. The highest BCUT2D eigenvalue weighted by molar-refractivity contribution is 5.93. The van der Waals surface area contributed by atoms with Gasteiger partial charge in [0.1, 0.15) is 5.84 Å². The standard InChI is InChI=1S/C11H15N3O/c1-15-8-9(12)7-11(13)14-10-5-3-2-4-6-10/h2-7H,8,12H2,1H3,(H2,13,14). The van der Waals surface area contributed by atoms with E-state index in [0.717, 1.165) is 5.69 Å². The minimum Gasteiger partial charge on any atom is -0.400 e. The fraction of sp³-hybridized carbons (Fsp3) is 0.182. The molecule has 0 aliphatic rings. The predicted molar refractivity (Wildman–Crippen MR) is 61.9 cm³/mol. The minimum absolute atomic E-state index is 0.352. The van der Waals surface area contributed by atoms with Crippen molar-refractivity contribution in [2.75, 3.05) is 13.7 Å². The molecule has 4 N–H and O–H groups in total. The normalized spacial score (nSPS) is 12.9. The SMILES string of the molecule is COCC(N)=CC(N)=Nc1ccccc1. The number of para-hydroxylation sites is 1. The van der Waals surface area contributed by atoms with Gasteiger partial charge in [0.15, 0.2) is 0 Å². The largest absolute Gasteiger partial charge is 0.400 e. The maximum atomic E-state index is 5.67. The number of benzene rings is 1. The monoisotopic (exact) mass is 205 g/mol. The maximum absolute atomic E-state index is 5.67. The van der Waals surface area contributed by atoms with Crippen molar-refractivity contribution < 1.29 is 4.74 Å². The van der Waals surface area contributed by atoms with Gasteiger partial charge in [-0.05, 0) is 12.1 Å². The average Bonchev–Trinajstić information content (AvgIpc) is 2.19. The number of amidine groups is 1. The number of ether oxygens (including phenoxy) is 1. The van der Waals surface area contributed by atoms with Gasteiger partial charge >= 0.3 is 0 Å². The van der Waals surface area contributed by atoms with E-state index in [9.17, 15) is 0 Å². The Morgan fingerprint density at radius 1 is 1.33 bits per heavy atom. The average molecular weight is 205 g/mol. The highest BCUT2D eigenvalue weighted by Gasteiger charge is 1.92. The van der Waals surface area contributed by atoms with Crippen LogP contribution in [-0.2, 0) is 4.74 Å². The fourth-order valence-corrected chi connectivity index (χ4v) is 1.08. The summed E-state index contributed by atoms with van der Waals surface area (Å²) in [7, 11) is 1.57. The molecule has 1 aromatic carbocycles. The molecule has 0 saturated heterocycles. The molecule has 0 aromatic heterocycles. The Morgan fingerprint density at radius 3 is 2.60 bits per heavy atom. The van der Waals surface area contributed by atoms with E-state index in [0.29, 0.717) is 18.1 Å². The first-order chi connectivity index (χ1) is 7.22. The quantitative estimate of drug-likeness (QED) is 0.572. The first-order valence-electron chi connectivity index (χ1n) is 4.56. The Balaban J connectivity index is 2.72. The topological polar surface area (TPSA) is 73.6 Å². The zero-order chi connectivity index (χ0) is 11.1. The molecule has 15 heavy (non-hydrogen) atoms. The second kappa shape index (κ2) is 5.82. The smallest absolute Gasteiger partial charge is 0.125 e. The van der Waals surface area contributed by atoms with Crippen LogP contribution in [-0.4, -0.2) is 19.6 Å². The van der Waals surface area contributed by atoms with Crippen molar-refractivity contribution in [2.24, 2.45) is 16.5 Å². The third-order valence-corrected chi connectivity index (χ3v) is 1.66. The number of methoxy groups -OCH3 is 1. The molecule has 0 fully saturated rings. The number of aliphatic imine (C=N–C) groups is 1. The van der Waals surface area contributed by atoms with Crippen LogP contribution in [0.15, 0.2) is 47.1 Å². The summed E-state index contributed by atoms with van der Waals surface area (Å²) in [5.74, 6) is 0.371. The van der Waals surface area contributed by atoms with Gasteiger partial charge in [-0.3, -0.25) is 0 Å². The van der Waals surface area contributed by atoms with Crippen molar-refractivity contribution >= 4 is 11.5 Å². The van der Waals surface area contributed by atoms with E-state index in [1.54, 1.807) is 13.2 Å². The van der Waals surface area contributed by atoms with Crippen LogP contribution in [0.1, 0.15) is 0 Å². The summed E-state index contributed by atoms with van der Waals surface area (Å²) in [6.07, 6.45) is 1.59. The Hall–Kier alpha value is -1.81. The lowest BCUT2D eigenvalue weighted by Crippen LogP contribution is -2.13. The molecule has 80 valence electrons. The molecule has 0 amide bonds. The third kappa shape index (κ3) is 4.28. The summed E-state index contributed by atoms with van der Waals surface area (Å²) in [6, 6.07) is 9.45. The zero-order valence-corrected chi connectivity index (χ0v) is 8.68. The molecule has 0 atom stereocenters. The number of nitrogens with two attached hydrogens (primary N) is 2. The summed E-state index contributed by atoms with van der Waals surface area (Å²) in [5.41, 5.74) is 12.6. The molecule has 0 aliphatic heterocycles. The van der Waals surface area contributed by atoms with Crippen LogP contribution < -0.4 is 11.5 Å². The van der Waals surface area contributed by atoms with Gasteiger partial charge in [-0.1, -0.05) is 18.2 Å². The summed E-state index contributed by atoms with van der Waals surface area (Å²) >= 11 is 0. The lowest BCUT2D eigenvalue weighted by Gasteiger charge is -1.99. The molecule has 4 heteroatoms. The lowest BCUT2D eigenvalue weighted by molar-refractivity contribution is 0.225. The summed E-state index contributed by atoms with van der Waals surface area (Å²) in [4.78, 5) is 4.16. The fourth-order valence-electron chi connectivity index (χ4n) is 1.08. The van der Waals surface area contributed by atoms with Gasteiger partial charge in [0.05, 0.1) is 12.3 Å². The third-order valence-electron chi connectivity index (χ3n) is 1.66. The second-order valence-electron chi connectivity index (χ2n) is 3.02. The van der Waals surface area contributed by atoms with Crippen LogP contribution in [0.2, 0.25) is 0 Å². The van der Waals surface area contributed by atoms with Crippen LogP contribution in [0.4, 0.5) is 5.69 Å². The Bertz CT molecular complexity index is 357. The summed E-state index contributed by atoms with van der Waals surface area (Å²) in [5, 5.41) is 0. The van der Waals surface area contributed by atoms with E-state index in [1.807, 2.05) is 30.3 Å². The van der Waals surface area contributed by atoms with Crippen molar-refractivity contribution in [3.8, 4) is 0 Å². The van der Waals surface area contributed by atoms with Crippen molar-refractivity contribution in [3.63, 3.8) is 0 Å². The molecular formula is C11H15N3O. The molecule has 0 unspecified atom stereocenters. The van der Waals surface area contributed by atoms with Gasteiger partial charge in [-0.25, -0.2) is 4.99 Å². The zero-order valence-electron chi connectivity index (χ0n) is 8.68. The van der Waals surface area contributed by atoms with E-state index in [-0.39, 0.29) is 0 Å². The van der Waals surface area contributed by atoms with E-state index in [1.165, 1.54) is 0 Å². The van der Waals surface area contributed by atoms with Crippen molar-refractivity contribution in [1.29, 1.82) is 0 Å². The number of hydrogen-bond acceptors (Lipinski definition) is 3. The van der Waals surface area contributed by atoms with Crippen molar-refractivity contribution in [3.05, 3.63) is 42.1 Å². The molecule has 0 saturated carbocycles. The van der Waals surface area contributed by atoms with Gasteiger partial charge in [-0.2, -0.15) is 0 Å². The van der Waals surface area contributed by atoms with E-state index in [4.69, 9.17) is 16.2 Å². The predicted octanol–water partition coefficient (Wildman–Crippen LogP) is 1.16. The molecule has 0 aliphatic carbocycles. The molecule has 0 radical (unpaired) electrons. The number of rotatable bonds is 4. The van der Waals surface area contributed by atoms with E-state index >= 15 is 0 Å². The molecule has 0 bridgehead atoms. The Kier molecular flexibility index (Phi) is 4.37. The second-order valence-corrected chi connectivity index (χ2v) is 3.02. The summed E-state index contributed by atoms with van der Waals surface area (Å²) in [6.45, 7) is 0.352. The molecule has 1 rings (SSSR count). The molecular weight excluding hydrogens is 190 g/mol. The number of nitrogens with zero attached hydrogens (tertiary/aromatic N) is 1. The first-order valence-corrected chi connectivity index (χ1v) is 4.56. The van der Waals surface area contributed by atoms with Gasteiger partial charge in [-0.15, -0.1) is 0 Å². The highest BCUT2D eigenvalue weighted by Crippen LogP contribution is 2.09. The van der Waals surface area contributed by atoms with Crippen LogP contribution in [0.5, 0.6) is 0 Å². The first kappa shape index (κ1) is 11.3. The minimum atomic E-state index is 0.352. The molecule has 1 aromatic rings. The van der Waals surface area contributed by atoms with Crippen LogP contribution in [0, 0.1) is 0 Å². The maximum Gasteiger partial charge on any atom is 0.125 e. The number of hydrogen-bond donors (Lipinski definition) is 2. The Morgan fingerprint density at radius 2 is 2.00 bits per heavy atom. The van der Waals surface area contributed by atoms with Crippen molar-refractivity contribution in [1.82, 2.24) is 0 Å². The van der Waals surface area contributed by atoms with Gasteiger partial charge in [0, 0.05) is 18.9 Å². The molecule has 4 nitrogen and oxygen atoms in total. The molecule has 0 heterocycles.